The number of nitrogens with zero attached hydrogens (tertiary/aromatic N) is 1. The minimum absolute atomic E-state index is 0.166. The maximum atomic E-state index is 12.5. The molecule has 20 heavy (non-hydrogen) atoms. The molecule has 0 unspecified atom stereocenters. The van der Waals surface area contributed by atoms with Gasteiger partial charge in [0, 0.05) is 12.1 Å². The number of para-hydroxylation sites is 1. The molecule has 4 nitrogen and oxygen atoms in total. The van der Waals surface area contributed by atoms with Crippen molar-refractivity contribution in [3.63, 3.8) is 0 Å². The molecule has 2 heterocycles. The maximum Gasteiger partial charge on any atom is 0.327 e. The van der Waals surface area contributed by atoms with E-state index in [0.717, 1.165) is 16.8 Å². The standard InChI is InChI=1S/C15H13NO3S/c17-14(7-10-5-6-20-9-10)16-12-4-2-1-3-11(12)8-13(16)15(18)19/h1-6,9,13H,7-8H2,(H,18,19)/t13-/m0/s1. The van der Waals surface area contributed by atoms with Gasteiger partial charge in [0.1, 0.15) is 6.04 Å². The first-order chi connectivity index (χ1) is 9.66. The molecule has 5 heteroatoms. The molecule has 1 aromatic heterocycles. The molecule has 0 radical (unpaired) electrons. The molecule has 1 atom stereocenters. The fraction of sp³-hybridized carbons (Fsp3) is 0.200. The molecule has 1 aliphatic heterocycles. The van der Waals surface area contributed by atoms with Crippen molar-refractivity contribution in [3.05, 3.63) is 52.2 Å². The second-order valence-electron chi connectivity index (χ2n) is 4.76. The minimum Gasteiger partial charge on any atom is -0.480 e. The van der Waals surface area contributed by atoms with E-state index >= 15 is 0 Å². The molecule has 1 aromatic carbocycles. The highest BCUT2D eigenvalue weighted by atomic mass is 32.1. The first kappa shape index (κ1) is 12.9. The highest BCUT2D eigenvalue weighted by molar-refractivity contribution is 7.08. The number of benzene rings is 1. The van der Waals surface area contributed by atoms with Gasteiger partial charge in [-0.25, -0.2) is 4.79 Å². The highest BCUT2D eigenvalue weighted by Gasteiger charge is 2.37. The van der Waals surface area contributed by atoms with Crippen LogP contribution in [-0.4, -0.2) is 23.0 Å². The molecule has 102 valence electrons. The smallest absolute Gasteiger partial charge is 0.327 e. The lowest BCUT2D eigenvalue weighted by atomic mass is 10.1. The van der Waals surface area contributed by atoms with Crippen LogP contribution >= 0.6 is 11.3 Å². The number of fused-ring (bicyclic) bond motifs is 1. The lowest BCUT2D eigenvalue weighted by molar-refractivity contribution is -0.139. The van der Waals surface area contributed by atoms with Crippen LogP contribution in [0.5, 0.6) is 0 Å². The minimum atomic E-state index is -0.958. The summed E-state index contributed by atoms with van der Waals surface area (Å²) >= 11 is 1.53. The topological polar surface area (TPSA) is 57.6 Å². The van der Waals surface area contributed by atoms with Crippen molar-refractivity contribution in [1.29, 1.82) is 0 Å². The van der Waals surface area contributed by atoms with E-state index in [-0.39, 0.29) is 12.3 Å². The second-order valence-corrected chi connectivity index (χ2v) is 5.54. The Morgan fingerprint density at radius 3 is 2.80 bits per heavy atom. The number of carboxylic acid groups (broad SMARTS) is 1. The number of anilines is 1. The highest BCUT2D eigenvalue weighted by Crippen LogP contribution is 2.32. The van der Waals surface area contributed by atoms with Gasteiger partial charge in [0.15, 0.2) is 0 Å². The number of thiophene rings is 1. The number of carbonyl (C=O) groups excluding carboxylic acids is 1. The second kappa shape index (κ2) is 5.09. The van der Waals surface area contributed by atoms with Gasteiger partial charge in [0.2, 0.25) is 5.91 Å². The van der Waals surface area contributed by atoms with E-state index in [1.165, 1.54) is 16.2 Å². The fourth-order valence-corrected chi connectivity index (χ4v) is 3.21. The summed E-state index contributed by atoms with van der Waals surface area (Å²) in [5, 5.41) is 13.2. The average molecular weight is 287 g/mol. The predicted octanol–water partition coefficient (Wildman–Crippen LogP) is 2.33. The summed E-state index contributed by atoms with van der Waals surface area (Å²) in [4.78, 5) is 25.3. The van der Waals surface area contributed by atoms with Gasteiger partial charge in [-0.05, 0) is 34.0 Å². The Morgan fingerprint density at radius 1 is 1.30 bits per heavy atom. The molecule has 0 fully saturated rings. The van der Waals surface area contributed by atoms with Crippen molar-refractivity contribution in [2.75, 3.05) is 4.90 Å². The molecular weight excluding hydrogens is 274 g/mol. The van der Waals surface area contributed by atoms with Crippen molar-refractivity contribution in [2.45, 2.75) is 18.9 Å². The third-order valence-corrected chi connectivity index (χ3v) is 4.20. The van der Waals surface area contributed by atoms with Crippen LogP contribution in [0.4, 0.5) is 5.69 Å². The Bertz CT molecular complexity index is 651. The normalized spacial score (nSPS) is 17.0. The fourth-order valence-electron chi connectivity index (χ4n) is 2.54. The van der Waals surface area contributed by atoms with E-state index in [2.05, 4.69) is 0 Å². The maximum absolute atomic E-state index is 12.5. The van der Waals surface area contributed by atoms with Crippen LogP contribution in [0.15, 0.2) is 41.1 Å². The molecule has 1 aliphatic rings. The van der Waals surface area contributed by atoms with Crippen LogP contribution in [0, 0.1) is 0 Å². The van der Waals surface area contributed by atoms with Gasteiger partial charge in [-0.1, -0.05) is 18.2 Å². The molecule has 0 aliphatic carbocycles. The number of carbonyl (C=O) groups is 2. The zero-order valence-corrected chi connectivity index (χ0v) is 11.5. The van der Waals surface area contributed by atoms with Crippen molar-refractivity contribution in [1.82, 2.24) is 0 Å². The Morgan fingerprint density at radius 2 is 2.10 bits per heavy atom. The predicted molar refractivity (Wildman–Crippen MR) is 77.1 cm³/mol. The Kier molecular flexibility index (Phi) is 3.28. The van der Waals surface area contributed by atoms with Gasteiger partial charge in [-0.3, -0.25) is 9.69 Å². The number of carboxylic acids is 1. The Hall–Kier alpha value is -2.14. The van der Waals surface area contributed by atoms with Crippen LogP contribution in [0.2, 0.25) is 0 Å². The van der Waals surface area contributed by atoms with Crippen LogP contribution < -0.4 is 4.90 Å². The molecule has 1 amide bonds. The monoisotopic (exact) mass is 287 g/mol. The third-order valence-electron chi connectivity index (χ3n) is 3.47. The van der Waals surface area contributed by atoms with Gasteiger partial charge < -0.3 is 5.11 Å². The zero-order chi connectivity index (χ0) is 14.1. The summed E-state index contributed by atoms with van der Waals surface area (Å²) in [6.07, 6.45) is 0.614. The van der Waals surface area contributed by atoms with Crippen LogP contribution in [0.3, 0.4) is 0 Å². The van der Waals surface area contributed by atoms with E-state index in [1.807, 2.05) is 41.1 Å². The molecule has 0 bridgehead atoms. The first-order valence-corrected chi connectivity index (χ1v) is 7.25. The summed E-state index contributed by atoms with van der Waals surface area (Å²) < 4.78 is 0. The zero-order valence-electron chi connectivity index (χ0n) is 10.7. The molecule has 3 rings (SSSR count). The Balaban J connectivity index is 1.92. The summed E-state index contributed by atoms with van der Waals surface area (Å²) in [5.74, 6) is -1.12. The Labute approximate surface area is 120 Å². The first-order valence-electron chi connectivity index (χ1n) is 6.30. The van der Waals surface area contributed by atoms with E-state index < -0.39 is 12.0 Å². The summed E-state index contributed by atoms with van der Waals surface area (Å²) in [6, 6.07) is 8.48. The van der Waals surface area contributed by atoms with Gasteiger partial charge >= 0.3 is 5.97 Å². The largest absolute Gasteiger partial charge is 0.480 e. The average Bonchev–Trinajstić information content (AvgIpc) is 3.04. The number of amides is 1. The summed E-state index contributed by atoms with van der Waals surface area (Å²) in [6.45, 7) is 0. The van der Waals surface area contributed by atoms with Crippen molar-refractivity contribution < 1.29 is 14.7 Å². The third kappa shape index (κ3) is 2.20. The van der Waals surface area contributed by atoms with Crippen molar-refractivity contribution in [3.8, 4) is 0 Å². The van der Waals surface area contributed by atoms with Crippen LogP contribution in [0.25, 0.3) is 0 Å². The van der Waals surface area contributed by atoms with E-state index in [1.54, 1.807) is 0 Å². The summed E-state index contributed by atoms with van der Waals surface area (Å²) in [5.41, 5.74) is 2.56. The van der Waals surface area contributed by atoms with Crippen molar-refractivity contribution in [2.24, 2.45) is 0 Å². The van der Waals surface area contributed by atoms with E-state index in [0.29, 0.717) is 6.42 Å². The van der Waals surface area contributed by atoms with Gasteiger partial charge in [-0.15, -0.1) is 0 Å². The molecule has 0 spiro atoms. The van der Waals surface area contributed by atoms with Gasteiger partial charge in [-0.2, -0.15) is 11.3 Å². The van der Waals surface area contributed by atoms with Crippen LogP contribution in [0.1, 0.15) is 11.1 Å². The molecule has 0 saturated heterocycles. The summed E-state index contributed by atoms with van der Waals surface area (Å²) in [7, 11) is 0. The van der Waals surface area contributed by atoms with Gasteiger partial charge in [0.25, 0.3) is 0 Å². The van der Waals surface area contributed by atoms with Crippen molar-refractivity contribution >= 4 is 28.9 Å². The SMILES string of the molecule is O=C(O)[C@@H]1Cc2ccccc2N1C(=O)Cc1ccsc1. The quantitative estimate of drug-likeness (QED) is 0.942. The number of aliphatic carboxylic acids is 1. The van der Waals surface area contributed by atoms with E-state index in [9.17, 15) is 14.7 Å². The molecule has 0 saturated carbocycles. The number of rotatable bonds is 3. The molecule has 2 aromatic rings. The lowest BCUT2D eigenvalue weighted by Gasteiger charge is -2.22. The van der Waals surface area contributed by atoms with E-state index in [4.69, 9.17) is 0 Å². The number of hydrogen-bond donors (Lipinski definition) is 1. The number of hydrogen-bond acceptors (Lipinski definition) is 3. The molecule has 1 N–H and O–H groups in total. The van der Waals surface area contributed by atoms with Gasteiger partial charge in [0.05, 0.1) is 6.42 Å². The lowest BCUT2D eigenvalue weighted by Crippen LogP contribution is -2.43. The molecular formula is C15H13NO3S. The van der Waals surface area contributed by atoms with Crippen LogP contribution in [-0.2, 0) is 22.4 Å².